The first kappa shape index (κ1) is 19.3. The van der Waals surface area contributed by atoms with Crippen molar-refractivity contribution in [2.24, 2.45) is 0 Å². The summed E-state index contributed by atoms with van der Waals surface area (Å²) in [4.78, 5) is 16.8. The van der Waals surface area contributed by atoms with E-state index in [9.17, 15) is 13.2 Å². The second kappa shape index (κ2) is 8.08. The number of hydrogen-bond acceptors (Lipinski definition) is 6. The van der Waals surface area contributed by atoms with Crippen molar-refractivity contribution in [2.75, 3.05) is 16.9 Å². The lowest BCUT2D eigenvalue weighted by molar-refractivity contribution is -0.115. The number of amides is 1. The van der Waals surface area contributed by atoms with Gasteiger partial charge >= 0.3 is 0 Å². The molecule has 0 aliphatic carbocycles. The maximum Gasteiger partial charge on any atom is 0.230 e. The lowest BCUT2D eigenvalue weighted by atomic mass is 10.3. The van der Waals surface area contributed by atoms with Crippen molar-refractivity contribution in [3.05, 3.63) is 64.6 Å². The van der Waals surface area contributed by atoms with E-state index in [-0.39, 0.29) is 17.2 Å². The summed E-state index contributed by atoms with van der Waals surface area (Å²) in [5.41, 5.74) is 1.98. The first-order valence-electron chi connectivity index (χ1n) is 7.86. The quantitative estimate of drug-likeness (QED) is 0.624. The number of benzene rings is 2. The van der Waals surface area contributed by atoms with Gasteiger partial charge in [0, 0.05) is 28.0 Å². The van der Waals surface area contributed by atoms with Gasteiger partial charge in [-0.15, -0.1) is 11.3 Å². The average molecular weight is 422 g/mol. The average Bonchev–Trinajstić information content (AvgIpc) is 3.01. The fraction of sp³-hybridized carbons (Fsp3) is 0.111. The van der Waals surface area contributed by atoms with Gasteiger partial charge in [-0.05, 0) is 42.5 Å². The molecule has 1 aromatic heterocycles. The minimum atomic E-state index is -3.22. The number of carbonyl (C=O) groups is 1. The number of hydrogen-bond donors (Lipinski definition) is 2. The molecule has 0 aliphatic heterocycles. The first-order chi connectivity index (χ1) is 12.8. The standard InChI is InChI=1S/C18H16ClN3O3S2/c1-27(24,25)16-7-5-13(6-8-16)21-18-22-15(11-26-18)10-17(23)20-14-4-2-3-12(19)9-14/h2-9,11H,10H2,1H3,(H,20,23)(H,21,22). The highest BCUT2D eigenvalue weighted by molar-refractivity contribution is 7.90. The van der Waals surface area contributed by atoms with E-state index in [1.54, 1.807) is 41.8 Å². The molecular formula is C18H16ClN3O3S2. The molecule has 3 rings (SSSR count). The summed E-state index contributed by atoms with van der Waals surface area (Å²) in [7, 11) is -3.22. The van der Waals surface area contributed by atoms with Crippen molar-refractivity contribution >= 4 is 55.2 Å². The molecule has 0 saturated carbocycles. The third-order valence-corrected chi connectivity index (χ3v) is 5.71. The van der Waals surface area contributed by atoms with E-state index >= 15 is 0 Å². The molecule has 1 amide bonds. The van der Waals surface area contributed by atoms with Crippen LogP contribution in [-0.2, 0) is 21.1 Å². The molecule has 0 aliphatic rings. The van der Waals surface area contributed by atoms with Crippen LogP contribution in [0.15, 0.2) is 58.8 Å². The van der Waals surface area contributed by atoms with Crippen molar-refractivity contribution in [1.82, 2.24) is 4.98 Å². The van der Waals surface area contributed by atoms with Crippen LogP contribution in [0.4, 0.5) is 16.5 Å². The molecule has 0 bridgehead atoms. The van der Waals surface area contributed by atoms with E-state index in [1.807, 2.05) is 0 Å². The van der Waals surface area contributed by atoms with Crippen LogP contribution in [0.25, 0.3) is 0 Å². The number of nitrogens with one attached hydrogen (secondary N) is 2. The summed E-state index contributed by atoms with van der Waals surface area (Å²) < 4.78 is 23.0. The van der Waals surface area contributed by atoms with Crippen LogP contribution in [0.5, 0.6) is 0 Å². The van der Waals surface area contributed by atoms with Gasteiger partial charge in [-0.1, -0.05) is 17.7 Å². The van der Waals surface area contributed by atoms with E-state index in [0.29, 0.717) is 27.2 Å². The molecule has 2 N–H and O–H groups in total. The molecule has 0 radical (unpaired) electrons. The van der Waals surface area contributed by atoms with Gasteiger partial charge in [-0.25, -0.2) is 13.4 Å². The van der Waals surface area contributed by atoms with Crippen molar-refractivity contribution < 1.29 is 13.2 Å². The monoisotopic (exact) mass is 421 g/mol. The summed E-state index contributed by atoms with van der Waals surface area (Å²) in [5.74, 6) is -0.188. The lowest BCUT2D eigenvalue weighted by Crippen LogP contribution is -2.14. The minimum Gasteiger partial charge on any atom is -0.332 e. The van der Waals surface area contributed by atoms with Gasteiger partial charge in [0.05, 0.1) is 17.0 Å². The predicted molar refractivity (Wildman–Crippen MR) is 109 cm³/mol. The van der Waals surface area contributed by atoms with E-state index in [1.165, 1.54) is 23.5 Å². The maximum atomic E-state index is 12.1. The van der Waals surface area contributed by atoms with Crippen molar-refractivity contribution in [2.45, 2.75) is 11.3 Å². The Morgan fingerprint density at radius 1 is 1.15 bits per heavy atom. The van der Waals surface area contributed by atoms with Gasteiger partial charge in [0.25, 0.3) is 0 Å². The third-order valence-electron chi connectivity index (χ3n) is 3.54. The second-order valence-corrected chi connectivity index (χ2v) is 9.11. The van der Waals surface area contributed by atoms with Crippen molar-refractivity contribution in [1.29, 1.82) is 0 Å². The molecule has 1 heterocycles. The number of carbonyl (C=O) groups excluding carboxylic acids is 1. The molecule has 9 heteroatoms. The SMILES string of the molecule is CS(=O)(=O)c1ccc(Nc2nc(CC(=O)Nc3cccc(Cl)c3)cs2)cc1. The fourth-order valence-corrected chi connectivity index (χ4v) is 3.84. The highest BCUT2D eigenvalue weighted by Gasteiger charge is 2.10. The number of anilines is 3. The Morgan fingerprint density at radius 3 is 2.56 bits per heavy atom. The molecule has 2 aromatic carbocycles. The van der Waals surface area contributed by atoms with Crippen LogP contribution in [0.3, 0.4) is 0 Å². The minimum absolute atomic E-state index is 0.137. The number of nitrogens with zero attached hydrogens (tertiary/aromatic N) is 1. The first-order valence-corrected chi connectivity index (χ1v) is 11.0. The zero-order chi connectivity index (χ0) is 19.4. The van der Waals surface area contributed by atoms with Crippen molar-refractivity contribution in [3.63, 3.8) is 0 Å². The van der Waals surface area contributed by atoms with Crippen LogP contribution in [0.2, 0.25) is 5.02 Å². The lowest BCUT2D eigenvalue weighted by Gasteiger charge is -2.05. The molecular weight excluding hydrogens is 406 g/mol. The maximum absolute atomic E-state index is 12.1. The number of sulfone groups is 1. The van der Waals surface area contributed by atoms with Crippen LogP contribution in [0.1, 0.15) is 5.69 Å². The second-order valence-electron chi connectivity index (χ2n) is 5.80. The molecule has 140 valence electrons. The van der Waals surface area contributed by atoms with E-state index in [4.69, 9.17) is 11.6 Å². The van der Waals surface area contributed by atoms with Crippen LogP contribution < -0.4 is 10.6 Å². The van der Waals surface area contributed by atoms with Crippen LogP contribution in [0, 0.1) is 0 Å². The topological polar surface area (TPSA) is 88.2 Å². The zero-order valence-electron chi connectivity index (χ0n) is 14.3. The van der Waals surface area contributed by atoms with Crippen molar-refractivity contribution in [3.8, 4) is 0 Å². The number of rotatable bonds is 6. The summed E-state index contributed by atoms with van der Waals surface area (Å²) >= 11 is 7.26. The summed E-state index contributed by atoms with van der Waals surface area (Å²) in [6, 6.07) is 13.3. The molecule has 0 fully saturated rings. The van der Waals surface area contributed by atoms with Gasteiger partial charge in [0.15, 0.2) is 15.0 Å². The van der Waals surface area contributed by atoms with E-state index < -0.39 is 9.84 Å². The number of thiazole rings is 1. The number of aromatic nitrogens is 1. The Balaban J connectivity index is 1.60. The Hall–Kier alpha value is -2.42. The number of halogens is 1. The van der Waals surface area contributed by atoms with E-state index in [0.717, 1.165) is 6.26 Å². The largest absolute Gasteiger partial charge is 0.332 e. The van der Waals surface area contributed by atoms with Gasteiger partial charge in [-0.2, -0.15) is 0 Å². The predicted octanol–water partition coefficient (Wildman–Crippen LogP) is 4.12. The van der Waals surface area contributed by atoms with Gasteiger partial charge in [0.2, 0.25) is 5.91 Å². The molecule has 0 spiro atoms. The van der Waals surface area contributed by atoms with Gasteiger partial charge in [0.1, 0.15) is 0 Å². The van der Waals surface area contributed by atoms with Gasteiger partial charge < -0.3 is 10.6 Å². The third kappa shape index (κ3) is 5.53. The molecule has 3 aromatic rings. The smallest absolute Gasteiger partial charge is 0.230 e. The molecule has 6 nitrogen and oxygen atoms in total. The normalized spacial score (nSPS) is 11.2. The zero-order valence-corrected chi connectivity index (χ0v) is 16.7. The summed E-state index contributed by atoms with van der Waals surface area (Å²) in [5, 5.41) is 8.84. The summed E-state index contributed by atoms with van der Waals surface area (Å²) in [6.07, 6.45) is 1.30. The van der Waals surface area contributed by atoms with Crippen LogP contribution >= 0.6 is 22.9 Å². The highest BCUT2D eigenvalue weighted by atomic mass is 35.5. The Bertz CT molecular complexity index is 1060. The molecule has 27 heavy (non-hydrogen) atoms. The molecule has 0 unspecified atom stereocenters. The summed E-state index contributed by atoms with van der Waals surface area (Å²) in [6.45, 7) is 0. The Labute approximate surface area is 166 Å². The van der Waals surface area contributed by atoms with Gasteiger partial charge in [-0.3, -0.25) is 4.79 Å². The Kier molecular flexibility index (Phi) is 5.79. The fourth-order valence-electron chi connectivity index (χ4n) is 2.29. The van der Waals surface area contributed by atoms with E-state index in [2.05, 4.69) is 15.6 Å². The Morgan fingerprint density at radius 2 is 1.89 bits per heavy atom. The van der Waals surface area contributed by atoms with Crippen LogP contribution in [-0.4, -0.2) is 25.6 Å². The molecule has 0 atom stereocenters. The molecule has 0 saturated heterocycles. The highest BCUT2D eigenvalue weighted by Crippen LogP contribution is 2.23.